The molecule has 0 unspecified atom stereocenters. The van der Waals surface area contributed by atoms with Crippen LogP contribution in [-0.4, -0.2) is 101 Å². The first-order chi connectivity index (χ1) is 22.7. The van der Waals surface area contributed by atoms with Crippen molar-refractivity contribution in [1.29, 1.82) is 0 Å². The third kappa shape index (κ3) is 7.21. The van der Waals surface area contributed by atoms with Crippen LogP contribution >= 0.6 is 0 Å². The van der Waals surface area contributed by atoms with Crippen LogP contribution in [0.1, 0.15) is 80.5 Å². The standard InChI is InChI=1S/C36H48FN7O3/c1-6-43(24(2)3)36(45)28-21-25(37)7-10-31(28)47-33-22-38-23-40-35(33)42-18-13-27(14-19-42)46-32-11-16-39-29-15-20-44-26(12-17-41(4)5)8-9-30(44)34(29)32/h7,10-11,16,21-24,26-27,30H,6,8-9,12-15,17-20H2,1-5H3/t26-,30-/m0/s1. The summed E-state index contributed by atoms with van der Waals surface area (Å²) >= 11 is 0. The van der Waals surface area contributed by atoms with Gasteiger partial charge in [0, 0.05) is 75.3 Å². The van der Waals surface area contributed by atoms with Gasteiger partial charge in [-0.2, -0.15) is 0 Å². The number of rotatable bonds is 11. The lowest BCUT2D eigenvalue weighted by atomic mass is 9.96. The molecule has 2 aromatic heterocycles. The molecule has 3 aromatic rings. The molecule has 1 amide bonds. The smallest absolute Gasteiger partial charge is 0.257 e. The van der Waals surface area contributed by atoms with Gasteiger partial charge in [-0.15, -0.1) is 0 Å². The van der Waals surface area contributed by atoms with Gasteiger partial charge in [0.15, 0.2) is 11.6 Å². The van der Waals surface area contributed by atoms with Gasteiger partial charge >= 0.3 is 0 Å². The number of ether oxygens (including phenoxy) is 2. The van der Waals surface area contributed by atoms with Crippen LogP contribution in [0.4, 0.5) is 10.2 Å². The highest BCUT2D eigenvalue weighted by Gasteiger charge is 2.40. The summed E-state index contributed by atoms with van der Waals surface area (Å²) in [6.45, 7) is 9.90. The molecule has 10 nitrogen and oxygen atoms in total. The van der Waals surface area contributed by atoms with Crippen molar-refractivity contribution in [1.82, 2.24) is 29.7 Å². The molecule has 252 valence electrons. The number of amides is 1. The number of hydrogen-bond donors (Lipinski definition) is 0. The summed E-state index contributed by atoms with van der Waals surface area (Å²) in [4.78, 5) is 35.8. The fourth-order valence-electron chi connectivity index (χ4n) is 7.45. The van der Waals surface area contributed by atoms with Gasteiger partial charge in [0.05, 0.1) is 17.5 Å². The van der Waals surface area contributed by atoms with E-state index in [2.05, 4.69) is 44.8 Å². The van der Waals surface area contributed by atoms with Crippen LogP contribution < -0.4 is 14.4 Å². The van der Waals surface area contributed by atoms with E-state index in [-0.39, 0.29) is 29.4 Å². The van der Waals surface area contributed by atoms with Crippen molar-refractivity contribution >= 4 is 11.7 Å². The normalized spacial score (nSPS) is 20.0. The van der Waals surface area contributed by atoms with E-state index < -0.39 is 5.82 Å². The maximum absolute atomic E-state index is 14.3. The number of anilines is 1. The topological polar surface area (TPSA) is 87.2 Å². The molecule has 2 fully saturated rings. The van der Waals surface area contributed by atoms with Gasteiger partial charge in [0.2, 0.25) is 0 Å². The Kier molecular flexibility index (Phi) is 10.2. The second-order valence-corrected chi connectivity index (χ2v) is 13.4. The Morgan fingerprint density at radius 1 is 1.04 bits per heavy atom. The highest BCUT2D eigenvalue weighted by molar-refractivity contribution is 5.97. The van der Waals surface area contributed by atoms with Gasteiger partial charge in [-0.05, 0) is 84.9 Å². The molecule has 0 N–H and O–H groups in total. The molecule has 2 atom stereocenters. The first-order valence-electron chi connectivity index (χ1n) is 17.1. The fourth-order valence-corrected chi connectivity index (χ4v) is 7.45. The van der Waals surface area contributed by atoms with Crippen LogP contribution in [-0.2, 0) is 6.42 Å². The molecule has 6 rings (SSSR count). The molecular weight excluding hydrogens is 597 g/mol. The number of nitrogens with zero attached hydrogens (tertiary/aromatic N) is 7. The first kappa shape index (κ1) is 33.1. The zero-order valence-electron chi connectivity index (χ0n) is 28.4. The monoisotopic (exact) mass is 645 g/mol. The van der Waals surface area contributed by atoms with Crippen molar-refractivity contribution < 1.29 is 18.7 Å². The van der Waals surface area contributed by atoms with Crippen molar-refractivity contribution in [2.45, 2.75) is 83.5 Å². The van der Waals surface area contributed by atoms with Gasteiger partial charge < -0.3 is 24.2 Å². The molecule has 2 saturated heterocycles. The van der Waals surface area contributed by atoms with E-state index in [0.29, 0.717) is 30.2 Å². The molecule has 1 aromatic carbocycles. The van der Waals surface area contributed by atoms with Crippen LogP contribution in [0, 0.1) is 5.82 Å². The van der Waals surface area contributed by atoms with Crippen LogP contribution in [0.25, 0.3) is 0 Å². The third-order valence-electron chi connectivity index (χ3n) is 9.84. The number of aromatic nitrogens is 3. The van der Waals surface area contributed by atoms with E-state index in [0.717, 1.165) is 57.6 Å². The number of pyridine rings is 1. The van der Waals surface area contributed by atoms with Crippen molar-refractivity contribution in [3.05, 3.63) is 65.6 Å². The molecule has 0 aliphatic carbocycles. The molecule has 0 spiro atoms. The summed E-state index contributed by atoms with van der Waals surface area (Å²) in [5.41, 5.74) is 2.66. The number of carbonyl (C=O) groups excluding carboxylic acids is 1. The Balaban J connectivity index is 1.14. The number of hydrogen-bond acceptors (Lipinski definition) is 9. The van der Waals surface area contributed by atoms with E-state index in [4.69, 9.17) is 14.5 Å². The zero-order valence-corrected chi connectivity index (χ0v) is 28.4. The summed E-state index contributed by atoms with van der Waals surface area (Å²) < 4.78 is 27.4. The highest BCUT2D eigenvalue weighted by atomic mass is 19.1. The predicted molar refractivity (Wildman–Crippen MR) is 180 cm³/mol. The number of carbonyl (C=O) groups is 1. The van der Waals surface area contributed by atoms with Gasteiger partial charge in [-0.3, -0.25) is 14.7 Å². The van der Waals surface area contributed by atoms with E-state index in [1.165, 1.54) is 48.6 Å². The first-order valence-corrected chi connectivity index (χ1v) is 17.1. The lowest BCUT2D eigenvalue weighted by Gasteiger charge is -2.38. The molecule has 5 heterocycles. The maximum Gasteiger partial charge on any atom is 0.257 e. The average molecular weight is 646 g/mol. The van der Waals surface area contributed by atoms with Crippen LogP contribution in [0.2, 0.25) is 0 Å². The highest BCUT2D eigenvalue weighted by Crippen LogP contribution is 2.45. The van der Waals surface area contributed by atoms with Gasteiger partial charge in [-0.1, -0.05) is 0 Å². The lowest BCUT2D eigenvalue weighted by molar-refractivity contribution is 0.0713. The number of piperidine rings is 1. The summed E-state index contributed by atoms with van der Waals surface area (Å²) in [6.07, 6.45) is 11.2. The summed E-state index contributed by atoms with van der Waals surface area (Å²) in [6, 6.07) is 7.04. The Bertz CT molecular complexity index is 1540. The number of benzene rings is 1. The van der Waals surface area contributed by atoms with Gasteiger partial charge in [-0.25, -0.2) is 14.4 Å². The Morgan fingerprint density at radius 3 is 2.60 bits per heavy atom. The van der Waals surface area contributed by atoms with Gasteiger partial charge in [0.1, 0.15) is 29.7 Å². The van der Waals surface area contributed by atoms with Crippen molar-refractivity contribution in [3.63, 3.8) is 0 Å². The summed E-state index contributed by atoms with van der Waals surface area (Å²) in [5, 5.41) is 0. The van der Waals surface area contributed by atoms with Crippen LogP contribution in [0.3, 0.4) is 0 Å². The summed E-state index contributed by atoms with van der Waals surface area (Å²) in [7, 11) is 4.30. The van der Waals surface area contributed by atoms with Crippen LogP contribution in [0.15, 0.2) is 43.0 Å². The average Bonchev–Trinajstić information content (AvgIpc) is 3.48. The third-order valence-corrected chi connectivity index (χ3v) is 9.84. The molecule has 0 saturated carbocycles. The quantitative estimate of drug-likeness (QED) is 0.259. The molecule has 11 heteroatoms. The molecule has 3 aliphatic heterocycles. The predicted octanol–water partition coefficient (Wildman–Crippen LogP) is 5.73. The molecular formula is C36H48FN7O3. The SMILES string of the molecule is CCN(C(=O)c1cc(F)ccc1Oc1cncnc1N1CCC(Oc2ccnc3c2[C@@H]2CC[C@@H](CCN(C)C)N2CC3)CC1)C(C)C. The van der Waals surface area contributed by atoms with E-state index >= 15 is 0 Å². The number of fused-ring (bicyclic) bond motifs is 3. The molecule has 0 radical (unpaired) electrons. The van der Waals surface area contributed by atoms with E-state index in [1.54, 1.807) is 11.1 Å². The second kappa shape index (κ2) is 14.5. The van der Waals surface area contributed by atoms with Crippen LogP contribution in [0.5, 0.6) is 17.2 Å². The van der Waals surface area contributed by atoms with Crippen molar-refractivity contribution in [2.24, 2.45) is 0 Å². The zero-order chi connectivity index (χ0) is 33.1. The van der Waals surface area contributed by atoms with Gasteiger partial charge in [0.25, 0.3) is 5.91 Å². The maximum atomic E-state index is 14.3. The van der Waals surface area contributed by atoms with Crippen molar-refractivity contribution in [2.75, 3.05) is 51.7 Å². The van der Waals surface area contributed by atoms with E-state index in [9.17, 15) is 9.18 Å². The Morgan fingerprint density at radius 2 is 1.85 bits per heavy atom. The van der Waals surface area contributed by atoms with Crippen molar-refractivity contribution in [3.8, 4) is 17.2 Å². The Labute approximate surface area is 277 Å². The molecule has 47 heavy (non-hydrogen) atoms. The lowest BCUT2D eigenvalue weighted by Crippen LogP contribution is -2.40. The minimum Gasteiger partial charge on any atom is -0.490 e. The largest absolute Gasteiger partial charge is 0.490 e. The minimum atomic E-state index is -0.493. The number of halogens is 1. The second-order valence-electron chi connectivity index (χ2n) is 13.4. The minimum absolute atomic E-state index is 0.0393. The summed E-state index contributed by atoms with van der Waals surface area (Å²) in [5.74, 6) is 1.55. The Hall–Kier alpha value is -3.83. The fraction of sp³-hybridized carbons (Fsp3) is 0.556. The molecule has 0 bridgehead atoms. The molecule has 3 aliphatic rings. The van der Waals surface area contributed by atoms with E-state index in [1.807, 2.05) is 27.0 Å².